The third kappa shape index (κ3) is 2.19. The van der Waals surface area contributed by atoms with Crippen molar-refractivity contribution in [1.82, 2.24) is 0 Å². The molecule has 13 heavy (non-hydrogen) atoms. The zero-order valence-corrected chi connectivity index (χ0v) is 9.73. The number of hydrogen-bond donors (Lipinski definition) is 0. The van der Waals surface area contributed by atoms with E-state index >= 15 is 0 Å². The van der Waals surface area contributed by atoms with Crippen molar-refractivity contribution in [2.24, 2.45) is 0 Å². The van der Waals surface area contributed by atoms with E-state index in [1.165, 1.54) is 0 Å². The van der Waals surface area contributed by atoms with E-state index in [1.54, 1.807) is 0 Å². The Morgan fingerprint density at radius 2 is 2.00 bits per heavy atom. The summed E-state index contributed by atoms with van der Waals surface area (Å²) in [5.41, 5.74) is 3.06. The van der Waals surface area contributed by atoms with Crippen LogP contribution in [-0.4, -0.2) is 5.78 Å². The first-order valence-corrected chi connectivity index (χ1v) is 5.15. The Morgan fingerprint density at radius 3 is 2.54 bits per heavy atom. The Bertz CT molecular complexity index is 342. The lowest BCUT2D eigenvalue weighted by Gasteiger charge is -2.06. The van der Waals surface area contributed by atoms with Crippen LogP contribution in [0.2, 0.25) is 0 Å². The van der Waals surface area contributed by atoms with Crippen LogP contribution in [-0.2, 0) is 0 Å². The first-order chi connectivity index (χ1) is 6.06. The van der Waals surface area contributed by atoms with Crippen molar-refractivity contribution in [2.45, 2.75) is 27.2 Å². The summed E-state index contributed by atoms with van der Waals surface area (Å²) in [7, 11) is 0. The summed E-state index contributed by atoms with van der Waals surface area (Å²) in [5.74, 6) is 0.193. The largest absolute Gasteiger partial charge is 0.294 e. The summed E-state index contributed by atoms with van der Waals surface area (Å²) in [4.78, 5) is 11.5. The Morgan fingerprint density at radius 1 is 1.38 bits per heavy atom. The normalized spacial score (nSPS) is 10.2. The molecule has 0 saturated carbocycles. The molecule has 1 aromatic rings. The molecule has 0 spiro atoms. The summed E-state index contributed by atoms with van der Waals surface area (Å²) >= 11 is 3.43. The molecule has 0 N–H and O–H groups in total. The zero-order chi connectivity index (χ0) is 10.0. The van der Waals surface area contributed by atoms with Crippen molar-refractivity contribution >= 4 is 21.7 Å². The van der Waals surface area contributed by atoms with Crippen LogP contribution in [0.1, 0.15) is 34.8 Å². The van der Waals surface area contributed by atoms with Gasteiger partial charge in [0.2, 0.25) is 0 Å². The highest BCUT2D eigenvalue weighted by atomic mass is 79.9. The Kier molecular flexibility index (Phi) is 3.26. The molecule has 0 amide bonds. The molecule has 0 aliphatic carbocycles. The molecular weight excluding hydrogens is 228 g/mol. The molecule has 0 unspecified atom stereocenters. The third-order valence-electron chi connectivity index (χ3n) is 2.02. The Balaban J connectivity index is 3.28. The van der Waals surface area contributed by atoms with Gasteiger partial charge in [-0.25, -0.2) is 0 Å². The minimum Gasteiger partial charge on any atom is -0.294 e. The number of aryl methyl sites for hydroxylation is 2. The quantitative estimate of drug-likeness (QED) is 0.722. The van der Waals surface area contributed by atoms with Crippen LogP contribution in [0.25, 0.3) is 0 Å². The molecule has 0 fully saturated rings. The van der Waals surface area contributed by atoms with Gasteiger partial charge in [-0.1, -0.05) is 18.6 Å². The Labute approximate surface area is 87.3 Å². The fourth-order valence-corrected chi connectivity index (χ4v) is 1.79. The molecule has 0 heterocycles. The van der Waals surface area contributed by atoms with Gasteiger partial charge in [0.05, 0.1) is 0 Å². The average molecular weight is 241 g/mol. The standard InChI is InChI=1S/C11H13BrO/c1-4-10(13)9-6-7(2)5-8(3)11(9)12/h5-6H,4H2,1-3H3. The summed E-state index contributed by atoms with van der Waals surface area (Å²) in [6.45, 7) is 5.89. The minimum absolute atomic E-state index is 0.193. The lowest BCUT2D eigenvalue weighted by atomic mass is 10.0. The predicted octanol–water partition coefficient (Wildman–Crippen LogP) is 3.66. The first kappa shape index (κ1) is 10.5. The summed E-state index contributed by atoms with van der Waals surface area (Å²) in [5, 5.41) is 0. The molecule has 0 aliphatic rings. The van der Waals surface area contributed by atoms with Gasteiger partial charge in [0.1, 0.15) is 0 Å². The van der Waals surface area contributed by atoms with E-state index in [0.29, 0.717) is 6.42 Å². The molecule has 0 saturated heterocycles. The number of rotatable bonds is 2. The fraction of sp³-hybridized carbons (Fsp3) is 0.364. The molecule has 1 rings (SSSR count). The van der Waals surface area contributed by atoms with Gasteiger partial charge in [0, 0.05) is 16.5 Å². The SMILES string of the molecule is CCC(=O)c1cc(C)cc(C)c1Br. The van der Waals surface area contributed by atoms with Crippen molar-refractivity contribution in [2.75, 3.05) is 0 Å². The second-order valence-electron chi connectivity index (χ2n) is 3.22. The maximum absolute atomic E-state index is 11.5. The zero-order valence-electron chi connectivity index (χ0n) is 8.15. The smallest absolute Gasteiger partial charge is 0.163 e. The van der Waals surface area contributed by atoms with E-state index in [2.05, 4.69) is 22.0 Å². The number of halogens is 1. The highest BCUT2D eigenvalue weighted by molar-refractivity contribution is 9.10. The number of carbonyl (C=O) groups excluding carboxylic acids is 1. The highest BCUT2D eigenvalue weighted by Gasteiger charge is 2.10. The molecule has 0 aliphatic heterocycles. The topological polar surface area (TPSA) is 17.1 Å². The van der Waals surface area contributed by atoms with Gasteiger partial charge >= 0.3 is 0 Å². The monoisotopic (exact) mass is 240 g/mol. The van der Waals surface area contributed by atoms with E-state index in [1.807, 2.05) is 26.8 Å². The van der Waals surface area contributed by atoms with Gasteiger partial charge in [0.15, 0.2) is 5.78 Å². The average Bonchev–Trinajstić information content (AvgIpc) is 2.10. The van der Waals surface area contributed by atoms with E-state index in [4.69, 9.17) is 0 Å². The lowest BCUT2D eigenvalue weighted by molar-refractivity contribution is 0.0987. The highest BCUT2D eigenvalue weighted by Crippen LogP contribution is 2.24. The van der Waals surface area contributed by atoms with Gasteiger partial charge in [-0.15, -0.1) is 0 Å². The second kappa shape index (κ2) is 4.05. The van der Waals surface area contributed by atoms with Crippen LogP contribution in [0.3, 0.4) is 0 Å². The van der Waals surface area contributed by atoms with E-state index in [0.717, 1.165) is 21.2 Å². The van der Waals surface area contributed by atoms with Crippen LogP contribution in [0.4, 0.5) is 0 Å². The van der Waals surface area contributed by atoms with Crippen LogP contribution in [0.15, 0.2) is 16.6 Å². The number of carbonyl (C=O) groups is 1. The molecule has 1 nitrogen and oxygen atoms in total. The van der Waals surface area contributed by atoms with Gasteiger partial charge in [-0.3, -0.25) is 4.79 Å². The van der Waals surface area contributed by atoms with Crippen molar-refractivity contribution < 1.29 is 4.79 Å². The van der Waals surface area contributed by atoms with E-state index in [9.17, 15) is 4.79 Å². The molecule has 0 radical (unpaired) electrons. The van der Waals surface area contributed by atoms with Crippen LogP contribution >= 0.6 is 15.9 Å². The summed E-state index contributed by atoms with van der Waals surface area (Å²) < 4.78 is 0.935. The maximum Gasteiger partial charge on any atom is 0.163 e. The van der Waals surface area contributed by atoms with E-state index < -0.39 is 0 Å². The minimum atomic E-state index is 0.193. The van der Waals surface area contributed by atoms with Crippen LogP contribution in [0, 0.1) is 13.8 Å². The second-order valence-corrected chi connectivity index (χ2v) is 4.01. The number of hydrogen-bond acceptors (Lipinski definition) is 1. The first-order valence-electron chi connectivity index (χ1n) is 4.36. The van der Waals surface area contributed by atoms with Crippen LogP contribution in [0.5, 0.6) is 0 Å². The Hall–Kier alpha value is -0.630. The predicted molar refractivity (Wildman–Crippen MR) is 58.2 cm³/mol. The van der Waals surface area contributed by atoms with Crippen molar-refractivity contribution in [3.8, 4) is 0 Å². The lowest BCUT2D eigenvalue weighted by Crippen LogP contribution is -1.99. The molecule has 70 valence electrons. The van der Waals surface area contributed by atoms with Crippen molar-refractivity contribution in [1.29, 1.82) is 0 Å². The van der Waals surface area contributed by atoms with Crippen LogP contribution < -0.4 is 0 Å². The maximum atomic E-state index is 11.5. The molecule has 0 atom stereocenters. The van der Waals surface area contributed by atoms with Gasteiger partial charge in [-0.2, -0.15) is 0 Å². The van der Waals surface area contributed by atoms with Crippen molar-refractivity contribution in [3.05, 3.63) is 33.3 Å². The number of Topliss-reactive ketones (excluding diaryl/α,β-unsaturated/α-hetero) is 1. The van der Waals surface area contributed by atoms with Gasteiger partial charge in [-0.05, 0) is 41.4 Å². The fourth-order valence-electron chi connectivity index (χ4n) is 1.34. The van der Waals surface area contributed by atoms with E-state index in [-0.39, 0.29) is 5.78 Å². The summed E-state index contributed by atoms with van der Waals surface area (Å²) in [6.07, 6.45) is 0.557. The van der Waals surface area contributed by atoms with Gasteiger partial charge < -0.3 is 0 Å². The van der Waals surface area contributed by atoms with Gasteiger partial charge in [0.25, 0.3) is 0 Å². The molecule has 2 heteroatoms. The number of ketones is 1. The molecule has 0 aromatic heterocycles. The molecular formula is C11H13BrO. The number of benzene rings is 1. The summed E-state index contributed by atoms with van der Waals surface area (Å²) in [6, 6.07) is 4.00. The molecule has 0 bridgehead atoms. The molecule has 1 aromatic carbocycles. The van der Waals surface area contributed by atoms with Crippen molar-refractivity contribution in [3.63, 3.8) is 0 Å². The third-order valence-corrected chi connectivity index (χ3v) is 3.07.